The highest BCUT2D eigenvalue weighted by molar-refractivity contribution is 6.27. The molecule has 0 atom stereocenters. The molecule has 0 bridgehead atoms. The molecular weight excluding hydrogens is 653 g/mol. The molecule has 2 nitrogen and oxygen atoms in total. The average Bonchev–Trinajstić information content (AvgIpc) is 3.26. The van der Waals surface area contributed by atoms with Crippen LogP contribution in [0.25, 0.3) is 99.6 Å². The Labute approximate surface area is 314 Å². The van der Waals surface area contributed by atoms with E-state index < -0.39 is 0 Å². The lowest BCUT2D eigenvalue weighted by Gasteiger charge is -2.19. The average molecular weight is 687 g/mol. The summed E-state index contributed by atoms with van der Waals surface area (Å²) in [6, 6.07) is 73.5. The Morgan fingerprint density at radius 2 is 0.685 bits per heavy atom. The Bertz CT molecular complexity index is 2880. The quantitative estimate of drug-likeness (QED) is 0.129. The van der Waals surface area contributed by atoms with Crippen LogP contribution in [0.1, 0.15) is 0 Å². The summed E-state index contributed by atoms with van der Waals surface area (Å²) in [4.78, 5) is 9.99. The predicted octanol–water partition coefficient (Wildman–Crippen LogP) is 13.9. The number of benzene rings is 9. The minimum atomic E-state index is 0.719. The summed E-state index contributed by atoms with van der Waals surface area (Å²) in [5.41, 5.74) is 12.2. The molecule has 0 saturated heterocycles. The second-order valence-electron chi connectivity index (χ2n) is 13.7. The van der Waals surface area contributed by atoms with Gasteiger partial charge in [-0.3, -0.25) is 0 Å². The van der Waals surface area contributed by atoms with Crippen molar-refractivity contribution in [3.63, 3.8) is 0 Å². The van der Waals surface area contributed by atoms with Gasteiger partial charge in [0.05, 0.1) is 11.4 Å². The fourth-order valence-corrected chi connectivity index (χ4v) is 7.89. The van der Waals surface area contributed by atoms with E-state index in [0.29, 0.717) is 0 Å². The van der Waals surface area contributed by atoms with Gasteiger partial charge in [0.1, 0.15) is 0 Å². The fourth-order valence-electron chi connectivity index (χ4n) is 7.89. The lowest BCUT2D eigenvalue weighted by molar-refractivity contribution is 1.18. The van der Waals surface area contributed by atoms with Crippen molar-refractivity contribution >= 4 is 32.3 Å². The van der Waals surface area contributed by atoms with Crippen LogP contribution in [0.15, 0.2) is 206 Å². The van der Waals surface area contributed by atoms with Crippen LogP contribution in [0.3, 0.4) is 0 Å². The number of hydrogen-bond acceptors (Lipinski definition) is 2. The molecule has 1 aromatic heterocycles. The molecule has 2 heteroatoms. The van der Waals surface area contributed by atoms with Crippen LogP contribution in [-0.2, 0) is 0 Å². The van der Waals surface area contributed by atoms with Gasteiger partial charge in [0.2, 0.25) is 0 Å². The van der Waals surface area contributed by atoms with Gasteiger partial charge in [0.25, 0.3) is 0 Å². The Balaban J connectivity index is 1.07. The first-order chi connectivity index (χ1) is 26.8. The first-order valence-electron chi connectivity index (χ1n) is 18.4. The third kappa shape index (κ3) is 5.62. The van der Waals surface area contributed by atoms with Crippen molar-refractivity contribution in [3.8, 4) is 67.3 Å². The maximum absolute atomic E-state index is 5.03. The molecule has 54 heavy (non-hydrogen) atoms. The van der Waals surface area contributed by atoms with Gasteiger partial charge in [-0.15, -0.1) is 0 Å². The smallest absolute Gasteiger partial charge is 0.160 e. The zero-order valence-electron chi connectivity index (χ0n) is 29.5. The zero-order valence-corrected chi connectivity index (χ0v) is 29.5. The van der Waals surface area contributed by atoms with E-state index >= 15 is 0 Å². The number of nitrogens with zero attached hydrogens (tertiary/aromatic N) is 2. The molecular formula is C52H34N2. The summed E-state index contributed by atoms with van der Waals surface area (Å²) in [6.07, 6.45) is 0. The first kappa shape index (κ1) is 31.6. The number of fused-ring (bicyclic) bond motifs is 4. The fraction of sp³-hybridized carbons (Fsp3) is 0. The van der Waals surface area contributed by atoms with E-state index in [4.69, 9.17) is 9.97 Å². The Kier molecular flexibility index (Phi) is 7.85. The SMILES string of the molecule is c1ccc(-c2cc(-c3ccc(-c4ccc(-c5c6ccccc6c(-c6ccccc6)c6ccc7ccccc7c56)cc4)cc3)nc(-c3ccccc3)n2)cc1. The van der Waals surface area contributed by atoms with Crippen LogP contribution in [0.2, 0.25) is 0 Å². The van der Waals surface area contributed by atoms with Crippen LogP contribution in [0.5, 0.6) is 0 Å². The molecule has 10 aromatic rings. The Morgan fingerprint density at radius 3 is 1.30 bits per heavy atom. The van der Waals surface area contributed by atoms with E-state index in [9.17, 15) is 0 Å². The molecule has 1 heterocycles. The normalized spacial score (nSPS) is 11.3. The summed E-state index contributed by atoms with van der Waals surface area (Å²) in [5.74, 6) is 0.719. The van der Waals surface area contributed by atoms with Crippen molar-refractivity contribution < 1.29 is 0 Å². The molecule has 0 N–H and O–H groups in total. The lowest BCUT2D eigenvalue weighted by atomic mass is 9.84. The van der Waals surface area contributed by atoms with Crippen LogP contribution in [0, 0.1) is 0 Å². The van der Waals surface area contributed by atoms with Gasteiger partial charge >= 0.3 is 0 Å². The maximum Gasteiger partial charge on any atom is 0.160 e. The highest BCUT2D eigenvalue weighted by Gasteiger charge is 2.19. The highest BCUT2D eigenvalue weighted by Crippen LogP contribution is 2.46. The second kappa shape index (κ2) is 13.4. The van der Waals surface area contributed by atoms with Crippen molar-refractivity contribution in [1.82, 2.24) is 9.97 Å². The van der Waals surface area contributed by atoms with E-state index in [0.717, 1.165) is 39.5 Å². The van der Waals surface area contributed by atoms with Gasteiger partial charge < -0.3 is 0 Å². The lowest BCUT2D eigenvalue weighted by Crippen LogP contribution is -1.95. The van der Waals surface area contributed by atoms with Crippen molar-refractivity contribution in [2.24, 2.45) is 0 Å². The summed E-state index contributed by atoms with van der Waals surface area (Å²) >= 11 is 0. The molecule has 0 amide bonds. The number of aromatic nitrogens is 2. The standard InChI is InChI=1S/C52H34N2/c1-4-15-38(16-5-1)47-34-48(54-52(53-47)42-19-8-3-9-20-42)39-28-24-35(25-29-39)36-26-30-41(31-27-36)50-45-23-13-12-22-44(45)49(40-17-6-2-7-18-40)46-33-32-37-14-10-11-21-43(37)51(46)50/h1-34H. The molecule has 0 aliphatic carbocycles. The summed E-state index contributed by atoms with van der Waals surface area (Å²) in [6.45, 7) is 0. The van der Waals surface area contributed by atoms with Crippen LogP contribution in [0.4, 0.5) is 0 Å². The van der Waals surface area contributed by atoms with Gasteiger partial charge in [0.15, 0.2) is 5.82 Å². The van der Waals surface area contributed by atoms with E-state index in [1.165, 1.54) is 60.1 Å². The van der Waals surface area contributed by atoms with Crippen LogP contribution < -0.4 is 0 Å². The summed E-state index contributed by atoms with van der Waals surface area (Å²) in [7, 11) is 0. The van der Waals surface area contributed by atoms with E-state index in [1.54, 1.807) is 0 Å². The van der Waals surface area contributed by atoms with Gasteiger partial charge in [0, 0.05) is 16.7 Å². The predicted molar refractivity (Wildman–Crippen MR) is 227 cm³/mol. The Hall–Kier alpha value is -7.16. The molecule has 0 fully saturated rings. The highest BCUT2D eigenvalue weighted by atomic mass is 14.9. The first-order valence-corrected chi connectivity index (χ1v) is 18.4. The van der Waals surface area contributed by atoms with E-state index in [2.05, 4.69) is 170 Å². The molecule has 0 aliphatic heterocycles. The van der Waals surface area contributed by atoms with Crippen molar-refractivity contribution in [1.29, 1.82) is 0 Å². The minimum Gasteiger partial charge on any atom is -0.228 e. The molecule has 0 spiro atoms. The van der Waals surface area contributed by atoms with E-state index in [1.807, 2.05) is 36.4 Å². The van der Waals surface area contributed by atoms with Crippen molar-refractivity contribution in [2.75, 3.05) is 0 Å². The number of hydrogen-bond donors (Lipinski definition) is 0. The molecule has 10 rings (SSSR count). The van der Waals surface area contributed by atoms with Crippen LogP contribution in [-0.4, -0.2) is 9.97 Å². The third-order valence-electron chi connectivity index (χ3n) is 10.5. The van der Waals surface area contributed by atoms with Gasteiger partial charge in [-0.25, -0.2) is 9.97 Å². The zero-order chi connectivity index (χ0) is 35.8. The van der Waals surface area contributed by atoms with Crippen molar-refractivity contribution in [2.45, 2.75) is 0 Å². The molecule has 0 unspecified atom stereocenters. The van der Waals surface area contributed by atoms with Gasteiger partial charge in [-0.05, 0) is 71.8 Å². The molecule has 9 aromatic carbocycles. The van der Waals surface area contributed by atoms with Gasteiger partial charge in [-0.2, -0.15) is 0 Å². The monoisotopic (exact) mass is 686 g/mol. The van der Waals surface area contributed by atoms with E-state index in [-0.39, 0.29) is 0 Å². The third-order valence-corrected chi connectivity index (χ3v) is 10.5. The molecule has 252 valence electrons. The summed E-state index contributed by atoms with van der Waals surface area (Å²) in [5, 5.41) is 7.58. The minimum absolute atomic E-state index is 0.719. The Morgan fingerprint density at radius 1 is 0.259 bits per heavy atom. The van der Waals surface area contributed by atoms with Crippen molar-refractivity contribution in [3.05, 3.63) is 206 Å². The number of rotatable bonds is 6. The second-order valence-corrected chi connectivity index (χ2v) is 13.7. The molecule has 0 aliphatic rings. The summed E-state index contributed by atoms with van der Waals surface area (Å²) < 4.78 is 0. The largest absolute Gasteiger partial charge is 0.228 e. The maximum atomic E-state index is 5.03. The molecule has 0 saturated carbocycles. The van der Waals surface area contributed by atoms with Crippen LogP contribution >= 0.6 is 0 Å². The molecule has 0 radical (unpaired) electrons. The van der Waals surface area contributed by atoms with Gasteiger partial charge in [-0.1, -0.05) is 200 Å². The topological polar surface area (TPSA) is 25.8 Å².